The highest BCUT2D eigenvalue weighted by molar-refractivity contribution is 8.00. The first-order valence-electron chi connectivity index (χ1n) is 11.7. The number of nitrogens with zero attached hydrogens (tertiary/aromatic N) is 1. The number of rotatable bonds is 5. The van der Waals surface area contributed by atoms with Crippen LogP contribution in [0, 0.1) is 17.8 Å². The van der Waals surface area contributed by atoms with E-state index < -0.39 is 0 Å². The van der Waals surface area contributed by atoms with Gasteiger partial charge in [0.1, 0.15) is 12.3 Å². The fourth-order valence-electron chi connectivity index (χ4n) is 6.28. The van der Waals surface area contributed by atoms with Crippen LogP contribution in [-0.4, -0.2) is 22.8 Å². The number of amides is 1. The number of aromatic nitrogens is 1. The minimum absolute atomic E-state index is 0.0396. The predicted octanol–water partition coefficient (Wildman–Crippen LogP) is 6.52. The molecule has 0 radical (unpaired) electrons. The normalized spacial score (nSPS) is 26.3. The van der Waals surface area contributed by atoms with E-state index >= 15 is 0 Å². The Hall–Kier alpha value is -1.93. The second-order valence-corrected chi connectivity index (χ2v) is 12.5. The zero-order chi connectivity index (χ0) is 24.3. The lowest BCUT2D eigenvalue weighted by Gasteiger charge is -2.40. The molecule has 2 fully saturated rings. The zero-order valence-electron chi connectivity index (χ0n) is 19.0. The van der Waals surface area contributed by atoms with Crippen molar-refractivity contribution in [2.24, 2.45) is 17.8 Å². The zero-order valence-corrected chi connectivity index (χ0v) is 22.1. The molecule has 2 heterocycles. The standard InChI is InChI=1S/C26H24Cl2N2O3S2/c1-33-19-5-3-2-4-16(19)22-21-13-6-7-14(10-13)23(21)34-25-24(22)35-26(32)30(25)12-20(31)29-15-8-9-17(27)18(28)11-15/h2-5,8-9,11,13-14,21-23H,6-7,10,12H2,1H3,(H,29,31)/t13?,14?,21?,22-,23?/m1/s1. The quantitative estimate of drug-likeness (QED) is 0.395. The van der Waals surface area contributed by atoms with Gasteiger partial charge in [-0.15, -0.1) is 11.8 Å². The summed E-state index contributed by atoms with van der Waals surface area (Å²) >= 11 is 15.2. The molecule has 0 saturated heterocycles. The lowest BCUT2D eigenvalue weighted by molar-refractivity contribution is -0.116. The van der Waals surface area contributed by atoms with E-state index in [1.54, 1.807) is 29.9 Å². The number of thioether (sulfide) groups is 1. The van der Waals surface area contributed by atoms with Crippen molar-refractivity contribution in [2.75, 3.05) is 12.4 Å². The highest BCUT2D eigenvalue weighted by Crippen LogP contribution is 2.64. The van der Waals surface area contributed by atoms with E-state index in [9.17, 15) is 9.59 Å². The molecule has 2 aliphatic carbocycles. The van der Waals surface area contributed by atoms with Gasteiger partial charge in [0.05, 0.1) is 22.2 Å². The Morgan fingerprint density at radius 1 is 1.14 bits per heavy atom. The number of carbonyl (C=O) groups is 1. The molecule has 9 heteroatoms. The smallest absolute Gasteiger partial charge is 0.308 e. The Bertz CT molecular complexity index is 1370. The van der Waals surface area contributed by atoms with Gasteiger partial charge in [0, 0.05) is 27.3 Å². The molecule has 4 unspecified atom stereocenters. The predicted molar refractivity (Wildman–Crippen MR) is 142 cm³/mol. The van der Waals surface area contributed by atoms with E-state index in [2.05, 4.69) is 11.4 Å². The third-order valence-corrected chi connectivity index (χ3v) is 11.2. The molecule has 5 atom stereocenters. The van der Waals surface area contributed by atoms with Crippen molar-refractivity contribution >= 4 is 57.9 Å². The number of para-hydroxylation sites is 1. The minimum Gasteiger partial charge on any atom is -0.496 e. The Morgan fingerprint density at radius 3 is 2.74 bits per heavy atom. The maximum absolute atomic E-state index is 13.2. The second-order valence-electron chi connectivity index (χ2n) is 9.51. The third kappa shape index (κ3) is 4.01. The van der Waals surface area contributed by atoms with Gasteiger partial charge in [0.15, 0.2) is 0 Å². The summed E-state index contributed by atoms with van der Waals surface area (Å²) in [7, 11) is 1.70. The summed E-state index contributed by atoms with van der Waals surface area (Å²) in [6.45, 7) is -0.0396. The van der Waals surface area contributed by atoms with Crippen LogP contribution in [0.15, 0.2) is 52.3 Å². The van der Waals surface area contributed by atoms with Crippen molar-refractivity contribution < 1.29 is 9.53 Å². The molecule has 35 heavy (non-hydrogen) atoms. The molecule has 3 aromatic rings. The fourth-order valence-corrected chi connectivity index (χ4v) is 9.72. The van der Waals surface area contributed by atoms with Crippen LogP contribution in [0.4, 0.5) is 5.69 Å². The van der Waals surface area contributed by atoms with Crippen LogP contribution in [0.25, 0.3) is 0 Å². The average Bonchev–Trinajstić information content (AvgIpc) is 3.54. The second kappa shape index (κ2) is 9.18. The summed E-state index contributed by atoms with van der Waals surface area (Å²) < 4.78 is 7.41. The lowest BCUT2D eigenvalue weighted by Crippen LogP contribution is -2.35. The van der Waals surface area contributed by atoms with E-state index in [4.69, 9.17) is 27.9 Å². The highest BCUT2D eigenvalue weighted by Gasteiger charge is 2.55. The van der Waals surface area contributed by atoms with Gasteiger partial charge >= 0.3 is 4.87 Å². The van der Waals surface area contributed by atoms with Gasteiger partial charge in [-0.3, -0.25) is 14.2 Å². The van der Waals surface area contributed by atoms with Gasteiger partial charge in [0.2, 0.25) is 5.91 Å². The van der Waals surface area contributed by atoms with Crippen molar-refractivity contribution in [1.82, 2.24) is 4.57 Å². The van der Waals surface area contributed by atoms with Crippen molar-refractivity contribution in [1.29, 1.82) is 0 Å². The molecule has 5 nitrogen and oxygen atoms in total. The van der Waals surface area contributed by atoms with E-state index in [0.717, 1.165) is 21.2 Å². The molecule has 182 valence electrons. The number of carbonyl (C=O) groups excluding carboxylic acids is 1. The third-order valence-electron chi connectivity index (χ3n) is 7.67. The lowest BCUT2D eigenvalue weighted by atomic mass is 9.74. The number of anilines is 1. The van der Waals surface area contributed by atoms with Crippen LogP contribution in [0.3, 0.4) is 0 Å². The number of hydrogen-bond donors (Lipinski definition) is 1. The van der Waals surface area contributed by atoms with Crippen LogP contribution in [-0.2, 0) is 11.3 Å². The average molecular weight is 548 g/mol. The summed E-state index contributed by atoms with van der Waals surface area (Å²) in [5, 5.41) is 5.03. The van der Waals surface area contributed by atoms with E-state index in [1.165, 1.54) is 30.6 Å². The largest absolute Gasteiger partial charge is 0.496 e. The Labute approximate surface area is 221 Å². The molecular weight excluding hydrogens is 523 g/mol. The molecule has 1 aliphatic heterocycles. The first-order valence-corrected chi connectivity index (χ1v) is 14.2. The van der Waals surface area contributed by atoms with Crippen molar-refractivity contribution in [3.63, 3.8) is 0 Å². The number of benzene rings is 2. The molecule has 3 aliphatic rings. The number of methoxy groups -OCH3 is 1. The maximum atomic E-state index is 13.2. The van der Waals surface area contributed by atoms with E-state index in [-0.39, 0.29) is 23.2 Å². The van der Waals surface area contributed by atoms with Crippen molar-refractivity contribution in [2.45, 2.75) is 42.0 Å². The molecule has 1 amide bonds. The van der Waals surface area contributed by atoms with Gasteiger partial charge < -0.3 is 10.1 Å². The van der Waals surface area contributed by atoms with Gasteiger partial charge in [-0.1, -0.05) is 52.7 Å². The fraction of sp³-hybridized carbons (Fsp3) is 0.385. The van der Waals surface area contributed by atoms with Gasteiger partial charge in [-0.2, -0.15) is 0 Å². The summed E-state index contributed by atoms with van der Waals surface area (Å²) in [4.78, 5) is 27.2. The minimum atomic E-state index is -0.268. The van der Waals surface area contributed by atoms with Gasteiger partial charge in [0.25, 0.3) is 0 Å². The van der Waals surface area contributed by atoms with Crippen LogP contribution < -0.4 is 14.9 Å². The highest BCUT2D eigenvalue weighted by atomic mass is 35.5. The number of nitrogens with one attached hydrogen (secondary N) is 1. The summed E-state index contributed by atoms with van der Waals surface area (Å²) in [6, 6.07) is 13.1. The summed E-state index contributed by atoms with van der Waals surface area (Å²) in [6.07, 6.45) is 3.76. The van der Waals surface area contributed by atoms with Crippen LogP contribution in [0.1, 0.15) is 35.6 Å². The summed E-state index contributed by atoms with van der Waals surface area (Å²) in [5.41, 5.74) is 1.70. The number of thiazole rings is 1. The Balaban J connectivity index is 1.37. The molecular formula is C26H24Cl2N2O3S2. The van der Waals surface area contributed by atoms with E-state index in [0.29, 0.717) is 38.7 Å². The van der Waals surface area contributed by atoms with E-state index in [1.807, 2.05) is 30.0 Å². The molecule has 1 N–H and O–H groups in total. The summed E-state index contributed by atoms with van der Waals surface area (Å²) in [5.74, 6) is 2.52. The number of fused-ring (bicyclic) bond motifs is 6. The maximum Gasteiger partial charge on any atom is 0.308 e. The number of halogens is 2. The van der Waals surface area contributed by atoms with Crippen LogP contribution >= 0.6 is 46.3 Å². The van der Waals surface area contributed by atoms with Crippen molar-refractivity contribution in [3.05, 3.63) is 72.6 Å². The first-order chi connectivity index (χ1) is 16.9. The number of hydrogen-bond acceptors (Lipinski definition) is 5. The van der Waals surface area contributed by atoms with Crippen LogP contribution in [0.2, 0.25) is 10.0 Å². The van der Waals surface area contributed by atoms with Crippen LogP contribution in [0.5, 0.6) is 5.75 Å². The topological polar surface area (TPSA) is 60.3 Å². The Kier molecular flexibility index (Phi) is 6.16. The van der Waals surface area contributed by atoms with Gasteiger partial charge in [-0.25, -0.2) is 0 Å². The molecule has 2 saturated carbocycles. The molecule has 6 rings (SSSR count). The first kappa shape index (κ1) is 23.5. The van der Waals surface area contributed by atoms with Crippen molar-refractivity contribution in [3.8, 4) is 5.75 Å². The molecule has 2 aromatic carbocycles. The molecule has 2 bridgehead atoms. The SMILES string of the molecule is COc1ccccc1[C@H]1c2sc(=O)n(CC(=O)Nc3ccc(Cl)c(Cl)c3)c2SC2C3CCC(C3)C21. The monoisotopic (exact) mass is 546 g/mol. The van der Waals surface area contributed by atoms with Gasteiger partial charge in [-0.05, 0) is 61.3 Å². The number of ether oxygens (including phenoxy) is 1. The molecule has 1 aromatic heterocycles. The molecule has 0 spiro atoms. The Morgan fingerprint density at radius 2 is 1.94 bits per heavy atom.